The van der Waals surface area contributed by atoms with Crippen molar-refractivity contribution < 1.29 is 4.79 Å². The number of carbonyl (C=O) groups excluding carboxylic acids is 1. The van der Waals surface area contributed by atoms with E-state index in [4.69, 9.17) is 0 Å². The average molecular weight is 334 g/mol. The van der Waals surface area contributed by atoms with Crippen molar-refractivity contribution in [2.45, 2.75) is 6.42 Å². The van der Waals surface area contributed by atoms with E-state index in [0.717, 1.165) is 22.8 Å². The molecule has 0 aliphatic carbocycles. The molecule has 0 unspecified atom stereocenters. The summed E-state index contributed by atoms with van der Waals surface area (Å²) in [4.78, 5) is 21.9. The highest BCUT2D eigenvalue weighted by atomic mass is 16.1. The third kappa shape index (κ3) is 4.26. The Balaban J connectivity index is 1.53. The largest absolute Gasteiger partial charge is 0.378 e. The summed E-state index contributed by atoms with van der Waals surface area (Å²) in [6, 6.07) is 17.5. The number of nitrogens with zero attached hydrogens (tertiary/aromatic N) is 2. The van der Waals surface area contributed by atoms with E-state index in [9.17, 15) is 4.79 Å². The molecular weight excluding hydrogens is 312 g/mol. The summed E-state index contributed by atoms with van der Waals surface area (Å²) in [5.74, 6) is 0.786. The molecule has 1 aromatic heterocycles. The van der Waals surface area contributed by atoms with Crippen LogP contribution in [-0.2, 0) is 6.42 Å². The number of amides is 1. The number of imidazole rings is 1. The molecule has 0 bridgehead atoms. The molecule has 2 aromatic carbocycles. The highest BCUT2D eigenvalue weighted by molar-refractivity contribution is 5.94. The molecule has 1 amide bonds. The van der Waals surface area contributed by atoms with Crippen molar-refractivity contribution >= 4 is 11.6 Å². The Hall–Kier alpha value is -3.08. The molecule has 128 valence electrons. The van der Waals surface area contributed by atoms with Gasteiger partial charge in [-0.3, -0.25) is 4.79 Å². The number of nitrogens with one attached hydrogen (secondary N) is 2. The van der Waals surface area contributed by atoms with Gasteiger partial charge in [-0.05, 0) is 24.3 Å². The molecule has 3 rings (SSSR count). The maximum Gasteiger partial charge on any atom is 0.251 e. The fourth-order valence-corrected chi connectivity index (χ4v) is 2.55. The van der Waals surface area contributed by atoms with Crippen molar-refractivity contribution in [2.24, 2.45) is 0 Å². The molecule has 5 heteroatoms. The molecule has 2 N–H and O–H groups in total. The van der Waals surface area contributed by atoms with Gasteiger partial charge in [0.1, 0.15) is 5.82 Å². The van der Waals surface area contributed by atoms with E-state index in [-0.39, 0.29) is 5.91 Å². The molecule has 25 heavy (non-hydrogen) atoms. The zero-order chi connectivity index (χ0) is 17.6. The lowest BCUT2D eigenvalue weighted by molar-refractivity contribution is 0.0954. The van der Waals surface area contributed by atoms with Gasteiger partial charge in [-0.2, -0.15) is 0 Å². The van der Waals surface area contributed by atoms with E-state index in [2.05, 4.69) is 15.3 Å². The van der Waals surface area contributed by atoms with Crippen LogP contribution >= 0.6 is 0 Å². The molecular formula is C20H22N4O. The topological polar surface area (TPSA) is 61.0 Å². The average Bonchev–Trinajstić information content (AvgIpc) is 3.11. The highest BCUT2D eigenvalue weighted by Gasteiger charge is 2.07. The standard InChI is InChI=1S/C20H22N4O/c1-24(2)18-10-8-16(9-11-18)20(25)21-13-12-17-14-22-19(23-17)15-6-4-3-5-7-15/h3-11,14H,12-13H2,1-2H3,(H,21,25)(H,22,23). The first kappa shape index (κ1) is 16.8. The molecule has 0 aliphatic rings. The minimum absolute atomic E-state index is 0.0619. The van der Waals surface area contributed by atoms with Crippen LogP contribution in [-0.4, -0.2) is 36.5 Å². The van der Waals surface area contributed by atoms with E-state index in [0.29, 0.717) is 18.5 Å². The molecule has 0 aliphatic heterocycles. The number of H-pyrrole nitrogens is 1. The van der Waals surface area contributed by atoms with Crippen LogP contribution in [0.3, 0.4) is 0 Å². The SMILES string of the molecule is CN(C)c1ccc(C(=O)NCCc2cnc(-c3ccccc3)[nH]2)cc1. The van der Waals surface area contributed by atoms with Gasteiger partial charge >= 0.3 is 0 Å². The molecule has 3 aromatic rings. The number of anilines is 1. The van der Waals surface area contributed by atoms with Gasteiger partial charge in [0, 0.05) is 55.8 Å². The maximum atomic E-state index is 12.2. The van der Waals surface area contributed by atoms with Crippen molar-refractivity contribution in [3.05, 3.63) is 72.1 Å². The quantitative estimate of drug-likeness (QED) is 0.728. The molecule has 0 spiro atoms. The first-order valence-corrected chi connectivity index (χ1v) is 8.28. The molecule has 0 saturated carbocycles. The normalized spacial score (nSPS) is 10.5. The Morgan fingerprint density at radius 3 is 2.48 bits per heavy atom. The Kier molecular flexibility index (Phi) is 5.14. The number of aromatic amines is 1. The third-order valence-electron chi connectivity index (χ3n) is 4.00. The number of carbonyl (C=O) groups is 1. The summed E-state index contributed by atoms with van der Waals surface area (Å²) in [6.07, 6.45) is 2.53. The van der Waals surface area contributed by atoms with Crippen LogP contribution in [0.2, 0.25) is 0 Å². The first-order valence-electron chi connectivity index (χ1n) is 8.28. The number of benzene rings is 2. The Labute approximate surface area is 147 Å². The van der Waals surface area contributed by atoms with E-state index < -0.39 is 0 Å². The van der Waals surface area contributed by atoms with Gasteiger partial charge in [0.2, 0.25) is 0 Å². The lowest BCUT2D eigenvalue weighted by Gasteiger charge is -2.12. The first-order chi connectivity index (χ1) is 12.1. The second kappa shape index (κ2) is 7.66. The Morgan fingerprint density at radius 2 is 1.80 bits per heavy atom. The van der Waals surface area contributed by atoms with Gasteiger partial charge in [0.25, 0.3) is 5.91 Å². The molecule has 0 atom stereocenters. The van der Waals surface area contributed by atoms with Gasteiger partial charge in [0.05, 0.1) is 0 Å². The van der Waals surface area contributed by atoms with Crippen LogP contribution < -0.4 is 10.2 Å². The van der Waals surface area contributed by atoms with Gasteiger partial charge < -0.3 is 15.2 Å². The third-order valence-corrected chi connectivity index (χ3v) is 4.00. The Bertz CT molecular complexity index is 822. The van der Waals surface area contributed by atoms with Crippen LogP contribution in [0.5, 0.6) is 0 Å². The van der Waals surface area contributed by atoms with Gasteiger partial charge in [-0.1, -0.05) is 30.3 Å². The number of hydrogen-bond acceptors (Lipinski definition) is 3. The predicted molar refractivity (Wildman–Crippen MR) is 101 cm³/mol. The second-order valence-electron chi connectivity index (χ2n) is 6.07. The highest BCUT2D eigenvalue weighted by Crippen LogP contribution is 2.15. The molecule has 1 heterocycles. The number of hydrogen-bond donors (Lipinski definition) is 2. The molecule has 5 nitrogen and oxygen atoms in total. The lowest BCUT2D eigenvalue weighted by atomic mass is 10.2. The van der Waals surface area contributed by atoms with E-state index >= 15 is 0 Å². The predicted octanol–water partition coefficient (Wildman–Crippen LogP) is 3.12. The fourth-order valence-electron chi connectivity index (χ4n) is 2.55. The number of rotatable bonds is 6. The second-order valence-corrected chi connectivity index (χ2v) is 6.07. The van der Waals surface area contributed by atoms with Gasteiger partial charge in [-0.15, -0.1) is 0 Å². The summed E-state index contributed by atoms with van der Waals surface area (Å²) >= 11 is 0. The zero-order valence-electron chi connectivity index (χ0n) is 14.5. The molecule has 0 fully saturated rings. The van der Waals surface area contributed by atoms with Crippen molar-refractivity contribution in [1.82, 2.24) is 15.3 Å². The summed E-state index contributed by atoms with van der Waals surface area (Å²) in [7, 11) is 3.95. The smallest absolute Gasteiger partial charge is 0.251 e. The molecule has 0 saturated heterocycles. The van der Waals surface area contributed by atoms with Crippen LogP contribution in [0, 0.1) is 0 Å². The maximum absolute atomic E-state index is 12.2. The summed E-state index contributed by atoms with van der Waals surface area (Å²) in [5.41, 5.74) is 3.79. The lowest BCUT2D eigenvalue weighted by Crippen LogP contribution is -2.25. The van der Waals surface area contributed by atoms with E-state index in [1.807, 2.05) is 79.8 Å². The van der Waals surface area contributed by atoms with Gasteiger partial charge in [0.15, 0.2) is 0 Å². The fraction of sp³-hybridized carbons (Fsp3) is 0.200. The summed E-state index contributed by atoms with van der Waals surface area (Å²) in [5, 5.41) is 2.94. The van der Waals surface area contributed by atoms with Crippen LogP contribution in [0.4, 0.5) is 5.69 Å². The van der Waals surface area contributed by atoms with Crippen LogP contribution in [0.1, 0.15) is 16.1 Å². The van der Waals surface area contributed by atoms with Crippen LogP contribution in [0.15, 0.2) is 60.8 Å². The minimum Gasteiger partial charge on any atom is -0.378 e. The summed E-state index contributed by atoms with van der Waals surface area (Å²) < 4.78 is 0. The Morgan fingerprint density at radius 1 is 1.08 bits per heavy atom. The van der Waals surface area contributed by atoms with Crippen molar-refractivity contribution in [2.75, 3.05) is 25.5 Å². The molecule has 0 radical (unpaired) electrons. The minimum atomic E-state index is -0.0619. The van der Waals surface area contributed by atoms with Crippen molar-refractivity contribution in [1.29, 1.82) is 0 Å². The van der Waals surface area contributed by atoms with E-state index in [1.165, 1.54) is 0 Å². The van der Waals surface area contributed by atoms with Gasteiger partial charge in [-0.25, -0.2) is 4.98 Å². The summed E-state index contributed by atoms with van der Waals surface area (Å²) in [6.45, 7) is 0.560. The van der Waals surface area contributed by atoms with Crippen LogP contribution in [0.25, 0.3) is 11.4 Å². The van der Waals surface area contributed by atoms with Crippen molar-refractivity contribution in [3.63, 3.8) is 0 Å². The van der Waals surface area contributed by atoms with E-state index in [1.54, 1.807) is 0 Å². The van der Waals surface area contributed by atoms with Crippen molar-refractivity contribution in [3.8, 4) is 11.4 Å². The number of aromatic nitrogens is 2. The monoisotopic (exact) mass is 334 g/mol. The zero-order valence-corrected chi connectivity index (χ0v) is 14.5.